The Bertz CT molecular complexity index is 565. The lowest BCUT2D eigenvalue weighted by Crippen LogP contribution is -2.38. The Morgan fingerprint density at radius 2 is 2.15 bits per heavy atom. The van der Waals surface area contributed by atoms with Crippen LogP contribution >= 0.6 is 0 Å². The fourth-order valence-corrected chi connectivity index (χ4v) is 3.36. The second-order valence-corrected chi connectivity index (χ2v) is 7.60. The number of sulfone groups is 1. The molecule has 0 aromatic heterocycles. The van der Waals surface area contributed by atoms with Crippen LogP contribution < -0.4 is 5.32 Å². The number of rotatable bonds is 4. The number of aliphatic hydroxyl groups excluding tert-OH is 1. The summed E-state index contributed by atoms with van der Waals surface area (Å²) in [6.07, 6.45) is 3.51. The Morgan fingerprint density at radius 3 is 2.75 bits per heavy atom. The van der Waals surface area contributed by atoms with Gasteiger partial charge in [0.1, 0.15) is 5.75 Å². The van der Waals surface area contributed by atoms with Crippen molar-refractivity contribution in [1.82, 2.24) is 5.32 Å². The summed E-state index contributed by atoms with van der Waals surface area (Å²) in [5, 5.41) is 23.4. The first-order chi connectivity index (χ1) is 9.37. The molecule has 0 saturated carbocycles. The van der Waals surface area contributed by atoms with Crippen molar-refractivity contribution in [3.63, 3.8) is 0 Å². The van der Waals surface area contributed by atoms with Gasteiger partial charge in [-0.2, -0.15) is 0 Å². The summed E-state index contributed by atoms with van der Waals surface area (Å²) in [6.45, 7) is 0.885. The topological polar surface area (TPSA) is 86.6 Å². The SMILES string of the molecule is CS(=O)(=O)Cc1cc(C(O)C2CCCCN2)ccc1O. The minimum Gasteiger partial charge on any atom is -0.508 e. The molecule has 1 aliphatic heterocycles. The van der Waals surface area contributed by atoms with Crippen LogP contribution in [-0.2, 0) is 15.6 Å². The van der Waals surface area contributed by atoms with Crippen LogP contribution in [0.15, 0.2) is 18.2 Å². The highest BCUT2D eigenvalue weighted by molar-refractivity contribution is 7.89. The van der Waals surface area contributed by atoms with Crippen LogP contribution in [0.1, 0.15) is 36.5 Å². The molecule has 0 amide bonds. The van der Waals surface area contributed by atoms with Gasteiger partial charge in [0.25, 0.3) is 0 Å². The Balaban J connectivity index is 2.21. The van der Waals surface area contributed by atoms with E-state index in [2.05, 4.69) is 5.32 Å². The van der Waals surface area contributed by atoms with Gasteiger partial charge in [0, 0.05) is 17.9 Å². The van der Waals surface area contributed by atoms with Crippen molar-refractivity contribution < 1.29 is 18.6 Å². The summed E-state index contributed by atoms with van der Waals surface area (Å²) in [5.74, 6) is -0.278. The Hall–Kier alpha value is -1.11. The van der Waals surface area contributed by atoms with Crippen LogP contribution in [0.25, 0.3) is 0 Å². The maximum atomic E-state index is 11.3. The van der Waals surface area contributed by atoms with Crippen LogP contribution in [0.5, 0.6) is 5.75 Å². The summed E-state index contributed by atoms with van der Waals surface area (Å²) >= 11 is 0. The second kappa shape index (κ2) is 6.11. The van der Waals surface area contributed by atoms with Gasteiger partial charge < -0.3 is 15.5 Å². The summed E-state index contributed by atoms with van der Waals surface area (Å²) < 4.78 is 22.7. The zero-order valence-corrected chi connectivity index (χ0v) is 12.4. The third-order valence-corrected chi connectivity index (χ3v) is 4.43. The van der Waals surface area contributed by atoms with Crippen LogP contribution in [-0.4, -0.2) is 37.5 Å². The lowest BCUT2D eigenvalue weighted by Gasteiger charge is -2.28. The monoisotopic (exact) mass is 299 g/mol. The fraction of sp³-hybridized carbons (Fsp3) is 0.571. The van der Waals surface area contributed by atoms with Crippen LogP contribution in [0, 0.1) is 0 Å². The molecule has 0 bridgehead atoms. The molecule has 0 radical (unpaired) electrons. The van der Waals surface area contributed by atoms with E-state index in [0.29, 0.717) is 11.1 Å². The van der Waals surface area contributed by atoms with Gasteiger partial charge in [0.15, 0.2) is 9.84 Å². The highest BCUT2D eigenvalue weighted by Crippen LogP contribution is 2.28. The number of benzene rings is 1. The third kappa shape index (κ3) is 3.94. The van der Waals surface area contributed by atoms with Gasteiger partial charge in [-0.1, -0.05) is 12.5 Å². The maximum absolute atomic E-state index is 11.3. The first-order valence-electron chi connectivity index (χ1n) is 6.78. The standard InChI is InChI=1S/C14H21NO4S/c1-20(18,19)9-11-8-10(5-6-13(11)16)14(17)12-4-2-3-7-15-12/h5-6,8,12,14-17H,2-4,7,9H2,1H3. The number of aromatic hydroxyl groups is 1. The molecule has 1 heterocycles. The van der Waals surface area contributed by atoms with E-state index in [0.717, 1.165) is 32.1 Å². The zero-order chi connectivity index (χ0) is 14.8. The van der Waals surface area contributed by atoms with Crippen LogP contribution in [0.3, 0.4) is 0 Å². The molecule has 20 heavy (non-hydrogen) atoms. The second-order valence-electron chi connectivity index (χ2n) is 5.46. The molecule has 1 aromatic carbocycles. The van der Waals surface area contributed by atoms with E-state index in [1.54, 1.807) is 12.1 Å². The summed E-state index contributed by atoms with van der Waals surface area (Å²) in [5.41, 5.74) is 0.973. The molecular weight excluding hydrogens is 278 g/mol. The predicted molar refractivity (Wildman–Crippen MR) is 77.3 cm³/mol. The maximum Gasteiger partial charge on any atom is 0.151 e. The molecule has 2 rings (SSSR count). The molecule has 0 spiro atoms. The Kier molecular flexibility index (Phi) is 4.67. The summed E-state index contributed by atoms with van der Waals surface area (Å²) in [4.78, 5) is 0. The fourth-order valence-electron chi connectivity index (χ4n) is 2.57. The van der Waals surface area contributed by atoms with Gasteiger partial charge in [-0.3, -0.25) is 0 Å². The van der Waals surface area contributed by atoms with Gasteiger partial charge in [0.2, 0.25) is 0 Å². The molecule has 3 N–H and O–H groups in total. The number of aliphatic hydroxyl groups is 1. The summed E-state index contributed by atoms with van der Waals surface area (Å²) in [6, 6.07) is 4.65. The number of piperidine rings is 1. The Labute approximate surface area is 119 Å². The highest BCUT2D eigenvalue weighted by Gasteiger charge is 2.23. The van der Waals surface area contributed by atoms with Crippen molar-refractivity contribution in [2.75, 3.05) is 12.8 Å². The third-order valence-electron chi connectivity index (χ3n) is 3.59. The normalized spacial score (nSPS) is 21.6. The molecule has 1 fully saturated rings. The largest absolute Gasteiger partial charge is 0.508 e. The van der Waals surface area contributed by atoms with Gasteiger partial charge >= 0.3 is 0 Å². The van der Waals surface area contributed by atoms with Crippen LogP contribution in [0.4, 0.5) is 0 Å². The number of phenolic OH excluding ortho intramolecular Hbond substituents is 1. The molecule has 0 aliphatic carbocycles. The average molecular weight is 299 g/mol. The van der Waals surface area contributed by atoms with E-state index >= 15 is 0 Å². The number of hydrogen-bond donors (Lipinski definition) is 3. The number of nitrogens with one attached hydrogen (secondary N) is 1. The minimum absolute atomic E-state index is 0.0145. The molecule has 112 valence electrons. The Morgan fingerprint density at radius 1 is 1.40 bits per heavy atom. The quantitative estimate of drug-likeness (QED) is 0.775. The van der Waals surface area contributed by atoms with E-state index in [4.69, 9.17) is 0 Å². The van der Waals surface area contributed by atoms with E-state index < -0.39 is 15.9 Å². The van der Waals surface area contributed by atoms with Crippen molar-refractivity contribution >= 4 is 9.84 Å². The lowest BCUT2D eigenvalue weighted by atomic mass is 9.94. The van der Waals surface area contributed by atoms with Crippen molar-refractivity contribution in [2.45, 2.75) is 37.2 Å². The minimum atomic E-state index is -3.22. The van der Waals surface area contributed by atoms with Gasteiger partial charge in [-0.25, -0.2) is 8.42 Å². The lowest BCUT2D eigenvalue weighted by molar-refractivity contribution is 0.114. The first-order valence-corrected chi connectivity index (χ1v) is 8.84. The van der Waals surface area contributed by atoms with E-state index in [9.17, 15) is 18.6 Å². The van der Waals surface area contributed by atoms with Gasteiger partial charge in [-0.15, -0.1) is 0 Å². The van der Waals surface area contributed by atoms with E-state index in [1.165, 1.54) is 6.07 Å². The van der Waals surface area contributed by atoms with Crippen molar-refractivity contribution in [3.8, 4) is 5.75 Å². The van der Waals surface area contributed by atoms with Gasteiger partial charge in [0.05, 0.1) is 11.9 Å². The molecule has 1 aliphatic rings. The van der Waals surface area contributed by atoms with Gasteiger partial charge in [-0.05, 0) is 37.1 Å². The molecule has 1 saturated heterocycles. The molecule has 2 atom stereocenters. The highest BCUT2D eigenvalue weighted by atomic mass is 32.2. The summed E-state index contributed by atoms with van der Waals surface area (Å²) in [7, 11) is -3.22. The van der Waals surface area contributed by atoms with Crippen molar-refractivity contribution in [2.24, 2.45) is 0 Å². The molecular formula is C14H21NO4S. The van der Waals surface area contributed by atoms with E-state index in [-0.39, 0.29) is 17.5 Å². The van der Waals surface area contributed by atoms with Crippen molar-refractivity contribution in [3.05, 3.63) is 29.3 Å². The predicted octanol–water partition coefficient (Wildman–Crippen LogP) is 1.11. The van der Waals surface area contributed by atoms with Crippen molar-refractivity contribution in [1.29, 1.82) is 0 Å². The molecule has 5 nitrogen and oxygen atoms in total. The first kappa shape index (κ1) is 15.3. The molecule has 6 heteroatoms. The smallest absolute Gasteiger partial charge is 0.151 e. The number of hydrogen-bond acceptors (Lipinski definition) is 5. The average Bonchev–Trinajstić information content (AvgIpc) is 2.40. The molecule has 2 unspecified atom stereocenters. The van der Waals surface area contributed by atoms with E-state index in [1.807, 2.05) is 0 Å². The zero-order valence-electron chi connectivity index (χ0n) is 11.5. The number of phenols is 1. The van der Waals surface area contributed by atoms with Crippen LogP contribution in [0.2, 0.25) is 0 Å². The molecule has 1 aromatic rings.